The number of benzene rings is 2. The molecule has 0 spiro atoms. The van der Waals surface area contributed by atoms with E-state index in [9.17, 15) is 9.59 Å². The Morgan fingerprint density at radius 3 is 2.45 bits per heavy atom. The summed E-state index contributed by atoms with van der Waals surface area (Å²) in [4.78, 5) is 28.9. The molecule has 8 heteroatoms. The molecule has 6 nitrogen and oxygen atoms in total. The summed E-state index contributed by atoms with van der Waals surface area (Å²) in [7, 11) is 1.36. The quantitative estimate of drug-likeness (QED) is 0.595. The van der Waals surface area contributed by atoms with Crippen molar-refractivity contribution < 1.29 is 14.3 Å². The van der Waals surface area contributed by atoms with Gasteiger partial charge >= 0.3 is 12.0 Å². The molecule has 2 amide bonds. The standard InChI is InChI=1S/C25H30ClN3O3.ClH/c1-32-23(30)18-6-8-21(9-7-18)28-14-3-15-29(24(28)31)22-10-12-25(17-27,13-11-22)19-4-2-5-20(26)16-19;/h2,4-9,16,22H,3,10-15,17,27H2,1H3;1H/t22-,25+;. The van der Waals surface area contributed by atoms with E-state index in [2.05, 4.69) is 6.07 Å². The fourth-order valence-electron chi connectivity index (χ4n) is 5.11. The summed E-state index contributed by atoms with van der Waals surface area (Å²) in [6, 6.07) is 15.3. The number of methoxy groups -OCH3 is 1. The molecule has 2 N–H and O–H groups in total. The van der Waals surface area contributed by atoms with Crippen molar-refractivity contribution in [2.45, 2.75) is 43.6 Å². The zero-order valence-corrected chi connectivity index (χ0v) is 20.4. The van der Waals surface area contributed by atoms with E-state index in [1.807, 2.05) is 40.1 Å². The number of hydrogen-bond acceptors (Lipinski definition) is 4. The third-order valence-electron chi connectivity index (χ3n) is 7.04. The lowest BCUT2D eigenvalue weighted by Gasteiger charge is -2.46. The Morgan fingerprint density at radius 2 is 1.85 bits per heavy atom. The molecule has 2 aromatic rings. The van der Waals surface area contributed by atoms with Gasteiger partial charge in [-0.2, -0.15) is 0 Å². The highest BCUT2D eigenvalue weighted by atomic mass is 35.5. The Hall–Kier alpha value is -2.28. The van der Waals surface area contributed by atoms with E-state index < -0.39 is 0 Å². The van der Waals surface area contributed by atoms with Gasteiger partial charge in [0.25, 0.3) is 0 Å². The van der Waals surface area contributed by atoms with E-state index in [1.54, 1.807) is 12.1 Å². The van der Waals surface area contributed by atoms with Crippen molar-refractivity contribution in [1.82, 2.24) is 4.90 Å². The number of halogens is 2. The molecule has 1 saturated carbocycles. The van der Waals surface area contributed by atoms with Crippen LogP contribution in [0.3, 0.4) is 0 Å². The first-order valence-corrected chi connectivity index (χ1v) is 11.6. The minimum atomic E-state index is -0.381. The van der Waals surface area contributed by atoms with Crippen LogP contribution in [0.2, 0.25) is 5.02 Å². The number of anilines is 1. The van der Waals surface area contributed by atoms with Crippen LogP contribution in [0.4, 0.5) is 10.5 Å². The van der Waals surface area contributed by atoms with Crippen LogP contribution in [0, 0.1) is 0 Å². The number of esters is 1. The molecule has 0 atom stereocenters. The number of hydrogen-bond donors (Lipinski definition) is 1. The zero-order chi connectivity index (χ0) is 22.7. The van der Waals surface area contributed by atoms with Crippen LogP contribution >= 0.6 is 24.0 Å². The first kappa shape index (κ1) is 25.3. The molecule has 2 fully saturated rings. The highest BCUT2D eigenvalue weighted by Gasteiger charge is 2.40. The van der Waals surface area contributed by atoms with Crippen molar-refractivity contribution in [2.75, 3.05) is 31.6 Å². The fraction of sp³-hybridized carbons (Fsp3) is 0.440. The normalized spacial score (nSPS) is 23.1. The summed E-state index contributed by atoms with van der Waals surface area (Å²) in [5.74, 6) is -0.381. The van der Waals surface area contributed by atoms with E-state index >= 15 is 0 Å². The van der Waals surface area contributed by atoms with Crippen LogP contribution in [0.5, 0.6) is 0 Å². The Kier molecular flexibility index (Phi) is 8.27. The molecule has 1 saturated heterocycles. The largest absolute Gasteiger partial charge is 0.465 e. The van der Waals surface area contributed by atoms with Crippen molar-refractivity contribution >= 4 is 41.7 Å². The monoisotopic (exact) mass is 491 g/mol. The number of urea groups is 1. The Bertz CT molecular complexity index is 975. The molecule has 178 valence electrons. The topological polar surface area (TPSA) is 75.9 Å². The number of carbonyl (C=O) groups excluding carboxylic acids is 2. The van der Waals surface area contributed by atoms with Crippen molar-refractivity contribution in [3.8, 4) is 0 Å². The smallest absolute Gasteiger partial charge is 0.337 e. The molecule has 33 heavy (non-hydrogen) atoms. The van der Waals surface area contributed by atoms with Gasteiger partial charge in [0.1, 0.15) is 0 Å². The molecule has 0 bridgehead atoms. The lowest BCUT2D eigenvalue weighted by Crippen LogP contribution is -2.55. The van der Waals surface area contributed by atoms with E-state index in [1.165, 1.54) is 12.7 Å². The minimum absolute atomic E-state index is 0. The molecule has 1 heterocycles. The van der Waals surface area contributed by atoms with Gasteiger partial charge in [-0.25, -0.2) is 9.59 Å². The van der Waals surface area contributed by atoms with Crippen LogP contribution in [-0.2, 0) is 10.2 Å². The Balaban J connectivity index is 0.00000306. The molecule has 1 aliphatic carbocycles. The summed E-state index contributed by atoms with van der Waals surface area (Å²) in [6.07, 6.45) is 4.63. The second-order valence-electron chi connectivity index (χ2n) is 8.75. The summed E-state index contributed by atoms with van der Waals surface area (Å²) < 4.78 is 4.76. The third-order valence-corrected chi connectivity index (χ3v) is 7.27. The molecule has 2 aliphatic rings. The first-order chi connectivity index (χ1) is 15.5. The molecule has 0 aromatic heterocycles. The predicted molar refractivity (Wildman–Crippen MR) is 134 cm³/mol. The van der Waals surface area contributed by atoms with Crippen LogP contribution < -0.4 is 10.6 Å². The number of rotatable bonds is 5. The molecule has 0 unspecified atom stereocenters. The second kappa shape index (κ2) is 10.8. The SMILES string of the molecule is COC(=O)c1ccc(N2CCCN([C@H]3CC[C@@](CN)(c4cccc(Cl)c4)CC3)C2=O)cc1.Cl. The van der Waals surface area contributed by atoms with Gasteiger partial charge < -0.3 is 15.4 Å². The summed E-state index contributed by atoms with van der Waals surface area (Å²) in [5.41, 5.74) is 8.65. The number of amides is 2. The molecular weight excluding hydrogens is 461 g/mol. The average Bonchev–Trinajstić information content (AvgIpc) is 2.84. The molecule has 0 radical (unpaired) electrons. The molecular formula is C25H31Cl2N3O3. The van der Waals surface area contributed by atoms with Crippen LogP contribution in [0.1, 0.15) is 48.0 Å². The Morgan fingerprint density at radius 1 is 1.15 bits per heavy atom. The molecule has 1 aliphatic heterocycles. The maximum atomic E-state index is 13.4. The number of ether oxygens (including phenoxy) is 1. The van der Waals surface area contributed by atoms with Gasteiger partial charge in [0, 0.05) is 41.8 Å². The van der Waals surface area contributed by atoms with Crippen molar-refractivity contribution in [3.63, 3.8) is 0 Å². The van der Waals surface area contributed by atoms with E-state index in [-0.39, 0.29) is 35.9 Å². The fourth-order valence-corrected chi connectivity index (χ4v) is 5.31. The second-order valence-corrected chi connectivity index (χ2v) is 9.18. The summed E-state index contributed by atoms with van der Waals surface area (Å²) >= 11 is 6.24. The highest BCUT2D eigenvalue weighted by molar-refractivity contribution is 6.30. The van der Waals surface area contributed by atoms with Crippen LogP contribution in [0.15, 0.2) is 48.5 Å². The van der Waals surface area contributed by atoms with Crippen LogP contribution in [-0.4, -0.2) is 49.7 Å². The summed E-state index contributed by atoms with van der Waals surface area (Å²) in [5, 5.41) is 0.734. The highest BCUT2D eigenvalue weighted by Crippen LogP contribution is 2.41. The third kappa shape index (κ3) is 5.13. The zero-order valence-electron chi connectivity index (χ0n) is 18.8. The van der Waals surface area contributed by atoms with Gasteiger partial charge in [-0.05, 0) is 74.1 Å². The van der Waals surface area contributed by atoms with Gasteiger partial charge in [-0.3, -0.25) is 4.90 Å². The number of nitrogens with zero attached hydrogens (tertiary/aromatic N) is 2. The van der Waals surface area contributed by atoms with Gasteiger partial charge in [0.05, 0.1) is 12.7 Å². The first-order valence-electron chi connectivity index (χ1n) is 11.2. The average molecular weight is 492 g/mol. The number of nitrogens with two attached hydrogens (primary N) is 1. The van der Waals surface area contributed by atoms with Crippen LogP contribution in [0.25, 0.3) is 0 Å². The summed E-state index contributed by atoms with van der Waals surface area (Å²) in [6.45, 7) is 2.02. The maximum absolute atomic E-state index is 13.4. The minimum Gasteiger partial charge on any atom is -0.465 e. The van der Waals surface area contributed by atoms with Gasteiger partial charge in [0.15, 0.2) is 0 Å². The number of carbonyl (C=O) groups is 2. The van der Waals surface area contributed by atoms with E-state index in [0.717, 1.165) is 49.4 Å². The van der Waals surface area contributed by atoms with Crippen molar-refractivity contribution in [3.05, 3.63) is 64.7 Å². The molecule has 2 aromatic carbocycles. The van der Waals surface area contributed by atoms with Crippen molar-refractivity contribution in [2.24, 2.45) is 5.73 Å². The maximum Gasteiger partial charge on any atom is 0.337 e. The molecule has 4 rings (SSSR count). The van der Waals surface area contributed by atoms with Crippen molar-refractivity contribution in [1.29, 1.82) is 0 Å². The van der Waals surface area contributed by atoms with Gasteiger partial charge in [0.2, 0.25) is 0 Å². The lowest BCUT2D eigenvalue weighted by molar-refractivity contribution is 0.0600. The van der Waals surface area contributed by atoms with E-state index in [0.29, 0.717) is 18.7 Å². The predicted octanol–water partition coefficient (Wildman–Crippen LogP) is 5.02. The Labute approximate surface area is 206 Å². The lowest BCUT2D eigenvalue weighted by atomic mass is 9.68. The van der Waals surface area contributed by atoms with Gasteiger partial charge in [-0.15, -0.1) is 12.4 Å². The van der Waals surface area contributed by atoms with Gasteiger partial charge in [-0.1, -0.05) is 23.7 Å². The van der Waals surface area contributed by atoms with E-state index in [4.69, 9.17) is 22.1 Å².